The molecule has 0 saturated heterocycles. The van der Waals surface area contributed by atoms with Crippen LogP contribution in [0.5, 0.6) is 5.75 Å². The molecule has 0 aliphatic rings. The fourth-order valence-corrected chi connectivity index (χ4v) is 1.92. The van der Waals surface area contributed by atoms with E-state index in [0.717, 1.165) is 17.7 Å². The number of halogens is 3. The Labute approximate surface area is 125 Å². The number of aryl methyl sites for hydroxylation is 1. The molecule has 116 valence electrons. The zero-order valence-corrected chi connectivity index (χ0v) is 11.6. The fraction of sp³-hybridized carbons (Fsp3) is 0.188. The monoisotopic (exact) mass is 310 g/mol. The molecule has 2 rings (SSSR count). The SMILES string of the molecule is Cc1ccc(COc2ccc(C(F)(F)F)cc2)c(C(=O)O)c1. The van der Waals surface area contributed by atoms with Crippen molar-refractivity contribution in [1.82, 2.24) is 0 Å². The van der Waals surface area contributed by atoms with Gasteiger partial charge in [-0.25, -0.2) is 4.79 Å². The molecule has 0 aromatic heterocycles. The van der Waals surface area contributed by atoms with Crippen molar-refractivity contribution in [2.24, 2.45) is 0 Å². The minimum Gasteiger partial charge on any atom is -0.489 e. The van der Waals surface area contributed by atoms with E-state index in [-0.39, 0.29) is 17.9 Å². The maximum Gasteiger partial charge on any atom is 0.416 e. The quantitative estimate of drug-likeness (QED) is 0.916. The average molecular weight is 310 g/mol. The van der Waals surface area contributed by atoms with Crippen molar-refractivity contribution in [2.75, 3.05) is 0 Å². The minimum atomic E-state index is -4.40. The number of carboxylic acids is 1. The third kappa shape index (κ3) is 3.78. The Bertz CT molecular complexity index is 676. The Kier molecular flexibility index (Phi) is 4.40. The maximum atomic E-state index is 12.4. The second-order valence-corrected chi connectivity index (χ2v) is 4.78. The highest BCUT2D eigenvalue weighted by molar-refractivity contribution is 5.89. The van der Waals surface area contributed by atoms with E-state index in [4.69, 9.17) is 9.84 Å². The van der Waals surface area contributed by atoms with Crippen LogP contribution >= 0.6 is 0 Å². The van der Waals surface area contributed by atoms with Gasteiger partial charge in [-0.05, 0) is 37.3 Å². The van der Waals surface area contributed by atoms with Gasteiger partial charge in [-0.1, -0.05) is 17.7 Å². The lowest BCUT2D eigenvalue weighted by Gasteiger charge is -2.11. The molecule has 0 aliphatic heterocycles. The van der Waals surface area contributed by atoms with E-state index in [2.05, 4.69) is 0 Å². The number of hydrogen-bond acceptors (Lipinski definition) is 2. The van der Waals surface area contributed by atoms with Crippen LogP contribution in [-0.4, -0.2) is 11.1 Å². The summed E-state index contributed by atoms with van der Waals surface area (Å²) in [6.07, 6.45) is -4.40. The first kappa shape index (κ1) is 15.9. The van der Waals surface area contributed by atoms with Crippen molar-refractivity contribution < 1.29 is 27.8 Å². The molecule has 2 aromatic rings. The van der Waals surface area contributed by atoms with Crippen LogP contribution in [0.4, 0.5) is 13.2 Å². The van der Waals surface area contributed by atoms with Crippen molar-refractivity contribution in [1.29, 1.82) is 0 Å². The lowest BCUT2D eigenvalue weighted by atomic mass is 10.1. The minimum absolute atomic E-state index is 0.0344. The normalized spacial score (nSPS) is 11.3. The summed E-state index contributed by atoms with van der Waals surface area (Å²) in [5.41, 5.74) is 0.613. The number of carbonyl (C=O) groups is 1. The van der Waals surface area contributed by atoms with Crippen LogP contribution in [0.1, 0.15) is 27.0 Å². The molecule has 0 radical (unpaired) electrons. The summed E-state index contributed by atoms with van der Waals surface area (Å²) < 4.78 is 42.7. The van der Waals surface area contributed by atoms with Crippen molar-refractivity contribution in [2.45, 2.75) is 19.7 Å². The molecule has 0 saturated carbocycles. The van der Waals surface area contributed by atoms with Gasteiger partial charge in [-0.3, -0.25) is 0 Å². The van der Waals surface area contributed by atoms with Crippen molar-refractivity contribution in [3.63, 3.8) is 0 Å². The van der Waals surface area contributed by atoms with Gasteiger partial charge in [0, 0.05) is 5.56 Å². The number of alkyl halides is 3. The van der Waals surface area contributed by atoms with Gasteiger partial charge >= 0.3 is 12.1 Å². The van der Waals surface area contributed by atoms with Gasteiger partial charge in [0.25, 0.3) is 0 Å². The standard InChI is InChI=1S/C16H13F3O3/c1-10-2-3-11(14(8-10)15(20)21)9-22-13-6-4-12(5-7-13)16(17,18)19/h2-8H,9H2,1H3,(H,20,21). The van der Waals surface area contributed by atoms with Crippen LogP contribution in [0.3, 0.4) is 0 Å². The summed E-state index contributed by atoms with van der Waals surface area (Å²) in [7, 11) is 0. The van der Waals surface area contributed by atoms with Crippen molar-refractivity contribution in [3.8, 4) is 5.75 Å². The number of rotatable bonds is 4. The zero-order valence-electron chi connectivity index (χ0n) is 11.6. The summed E-state index contributed by atoms with van der Waals surface area (Å²) in [5, 5.41) is 9.13. The molecular formula is C16H13F3O3. The molecule has 0 heterocycles. The van der Waals surface area contributed by atoms with Gasteiger partial charge in [0.1, 0.15) is 12.4 Å². The summed E-state index contributed by atoms with van der Waals surface area (Å²) in [6.45, 7) is 1.74. The molecule has 0 atom stereocenters. The van der Waals surface area contributed by atoms with E-state index in [9.17, 15) is 18.0 Å². The molecule has 0 spiro atoms. The first-order valence-corrected chi connectivity index (χ1v) is 6.40. The largest absolute Gasteiger partial charge is 0.489 e. The summed E-state index contributed by atoms with van der Waals surface area (Å²) in [5.74, 6) is -0.834. The molecule has 0 amide bonds. The molecule has 1 N–H and O–H groups in total. The van der Waals surface area contributed by atoms with Crippen molar-refractivity contribution in [3.05, 3.63) is 64.7 Å². The molecule has 0 bridgehead atoms. The van der Waals surface area contributed by atoms with Gasteiger partial charge < -0.3 is 9.84 Å². The van der Waals surface area contributed by atoms with E-state index in [1.807, 2.05) is 0 Å². The fourth-order valence-electron chi connectivity index (χ4n) is 1.92. The highest BCUT2D eigenvalue weighted by atomic mass is 19.4. The number of benzene rings is 2. The third-order valence-corrected chi connectivity index (χ3v) is 3.07. The summed E-state index contributed by atoms with van der Waals surface area (Å²) in [6, 6.07) is 9.15. The van der Waals surface area contributed by atoms with Gasteiger partial charge in [-0.15, -0.1) is 0 Å². The zero-order chi connectivity index (χ0) is 16.3. The number of hydrogen-bond donors (Lipinski definition) is 1. The smallest absolute Gasteiger partial charge is 0.416 e. The Morgan fingerprint density at radius 3 is 2.32 bits per heavy atom. The Balaban J connectivity index is 2.12. The van der Waals surface area contributed by atoms with E-state index in [1.54, 1.807) is 19.1 Å². The molecule has 6 heteroatoms. The predicted octanol–water partition coefficient (Wildman–Crippen LogP) is 4.29. The maximum absolute atomic E-state index is 12.4. The molecule has 0 fully saturated rings. The Hall–Kier alpha value is -2.50. The summed E-state index contributed by atoms with van der Waals surface area (Å²) in [4.78, 5) is 11.2. The van der Waals surface area contributed by atoms with Crippen LogP contribution in [0.15, 0.2) is 42.5 Å². The average Bonchev–Trinajstić information content (AvgIpc) is 2.45. The van der Waals surface area contributed by atoms with Gasteiger partial charge in [0.05, 0.1) is 11.1 Å². The molecular weight excluding hydrogens is 297 g/mol. The Morgan fingerprint density at radius 1 is 1.14 bits per heavy atom. The van der Waals surface area contributed by atoms with E-state index in [1.165, 1.54) is 18.2 Å². The van der Waals surface area contributed by atoms with E-state index < -0.39 is 17.7 Å². The van der Waals surface area contributed by atoms with Crippen LogP contribution in [0.25, 0.3) is 0 Å². The molecule has 2 aromatic carbocycles. The first-order valence-electron chi connectivity index (χ1n) is 6.40. The topological polar surface area (TPSA) is 46.5 Å². The van der Waals surface area contributed by atoms with Crippen molar-refractivity contribution >= 4 is 5.97 Å². The molecule has 3 nitrogen and oxygen atoms in total. The van der Waals surface area contributed by atoms with Crippen LogP contribution in [-0.2, 0) is 12.8 Å². The predicted molar refractivity (Wildman–Crippen MR) is 73.9 cm³/mol. The van der Waals surface area contributed by atoms with Crippen LogP contribution in [0, 0.1) is 6.92 Å². The van der Waals surface area contributed by atoms with Crippen LogP contribution < -0.4 is 4.74 Å². The second-order valence-electron chi connectivity index (χ2n) is 4.78. The molecule has 0 aliphatic carbocycles. The van der Waals surface area contributed by atoms with Crippen LogP contribution in [0.2, 0.25) is 0 Å². The lowest BCUT2D eigenvalue weighted by molar-refractivity contribution is -0.137. The highest BCUT2D eigenvalue weighted by Crippen LogP contribution is 2.30. The van der Waals surface area contributed by atoms with Gasteiger partial charge in [-0.2, -0.15) is 13.2 Å². The lowest BCUT2D eigenvalue weighted by Crippen LogP contribution is -2.07. The number of carboxylic acid groups (broad SMARTS) is 1. The van der Waals surface area contributed by atoms with Gasteiger partial charge in [0.2, 0.25) is 0 Å². The highest BCUT2D eigenvalue weighted by Gasteiger charge is 2.30. The number of aromatic carboxylic acids is 1. The van der Waals surface area contributed by atoms with E-state index >= 15 is 0 Å². The first-order chi connectivity index (χ1) is 10.3. The van der Waals surface area contributed by atoms with Gasteiger partial charge in [0.15, 0.2) is 0 Å². The second kappa shape index (κ2) is 6.09. The number of ether oxygens (including phenoxy) is 1. The third-order valence-electron chi connectivity index (χ3n) is 3.07. The Morgan fingerprint density at radius 2 is 1.77 bits per heavy atom. The van der Waals surface area contributed by atoms with E-state index in [0.29, 0.717) is 5.56 Å². The molecule has 0 unspecified atom stereocenters. The summed E-state index contributed by atoms with van der Waals surface area (Å²) >= 11 is 0. The molecule has 22 heavy (non-hydrogen) atoms.